The van der Waals surface area contributed by atoms with Gasteiger partial charge in [0.15, 0.2) is 0 Å². The van der Waals surface area contributed by atoms with Gasteiger partial charge in [0.1, 0.15) is 24.7 Å². The number of hydrogen-bond donors (Lipinski definition) is 0. The van der Waals surface area contributed by atoms with E-state index in [4.69, 9.17) is 32.7 Å². The lowest BCUT2D eigenvalue weighted by atomic mass is 10.1. The third-order valence-corrected chi connectivity index (χ3v) is 10.5. The Kier molecular flexibility index (Phi) is 12.3. The SMILES string of the molecule is Cc1ccc(N(c2ccc(C)cc2)c2ccc(COc3cc(CCl)c(OCc4ccc(N(c5ccc(C)cc5)c5ccc(C)cc5)cc4)cc3CCl)cc2)cc1. The summed E-state index contributed by atoms with van der Waals surface area (Å²) in [5.41, 5.74) is 15.2. The monoisotopic (exact) mass is 776 g/mol. The van der Waals surface area contributed by atoms with E-state index >= 15 is 0 Å². The first-order valence-electron chi connectivity index (χ1n) is 18.9. The Morgan fingerprint density at radius 2 is 0.589 bits per heavy atom. The third kappa shape index (κ3) is 9.22. The van der Waals surface area contributed by atoms with Crippen LogP contribution in [0.4, 0.5) is 34.1 Å². The van der Waals surface area contributed by atoms with Gasteiger partial charge in [-0.05, 0) is 124 Å². The van der Waals surface area contributed by atoms with E-state index in [2.05, 4.69) is 183 Å². The van der Waals surface area contributed by atoms with Crippen LogP contribution in [0.3, 0.4) is 0 Å². The Bertz CT molecular complexity index is 2080. The van der Waals surface area contributed by atoms with Crippen molar-refractivity contribution in [1.82, 2.24) is 0 Å². The number of alkyl halides is 2. The summed E-state index contributed by atoms with van der Waals surface area (Å²) in [4.78, 5) is 4.53. The van der Waals surface area contributed by atoms with Crippen LogP contribution in [0.5, 0.6) is 11.5 Å². The summed E-state index contributed by atoms with van der Waals surface area (Å²) in [7, 11) is 0. The summed E-state index contributed by atoms with van der Waals surface area (Å²) >= 11 is 13.0. The molecule has 0 fully saturated rings. The van der Waals surface area contributed by atoms with Crippen molar-refractivity contribution in [2.24, 2.45) is 0 Å². The lowest BCUT2D eigenvalue weighted by Crippen LogP contribution is -2.10. The van der Waals surface area contributed by atoms with Gasteiger partial charge in [0.25, 0.3) is 0 Å². The van der Waals surface area contributed by atoms with Crippen LogP contribution in [0.2, 0.25) is 0 Å². The number of rotatable bonds is 14. The number of hydrogen-bond acceptors (Lipinski definition) is 4. The third-order valence-electron chi connectivity index (χ3n) is 9.88. The second-order valence-corrected chi connectivity index (χ2v) is 14.8. The molecule has 282 valence electrons. The minimum absolute atomic E-state index is 0.276. The highest BCUT2D eigenvalue weighted by Crippen LogP contribution is 2.37. The molecule has 0 aromatic heterocycles. The van der Waals surface area contributed by atoms with Crippen molar-refractivity contribution in [2.75, 3.05) is 9.80 Å². The van der Waals surface area contributed by atoms with E-state index in [9.17, 15) is 0 Å². The number of anilines is 6. The topological polar surface area (TPSA) is 24.9 Å². The van der Waals surface area contributed by atoms with Crippen LogP contribution in [0, 0.1) is 27.7 Å². The van der Waals surface area contributed by atoms with E-state index in [0.29, 0.717) is 24.7 Å². The van der Waals surface area contributed by atoms with E-state index in [0.717, 1.165) is 56.4 Å². The zero-order valence-electron chi connectivity index (χ0n) is 32.3. The Morgan fingerprint density at radius 3 is 0.821 bits per heavy atom. The van der Waals surface area contributed by atoms with Crippen LogP contribution in [0.25, 0.3) is 0 Å². The first-order chi connectivity index (χ1) is 27.3. The van der Waals surface area contributed by atoms with Gasteiger partial charge in [-0.25, -0.2) is 0 Å². The number of halogens is 2. The zero-order valence-corrected chi connectivity index (χ0v) is 33.8. The molecule has 7 rings (SSSR count). The van der Waals surface area contributed by atoms with Gasteiger partial charge in [-0.3, -0.25) is 0 Å². The maximum atomic E-state index is 6.48. The average molecular weight is 778 g/mol. The summed E-state index contributed by atoms with van der Waals surface area (Å²) in [6.45, 7) is 9.19. The molecular weight excluding hydrogens is 731 g/mol. The molecule has 0 N–H and O–H groups in total. The van der Waals surface area contributed by atoms with E-state index in [1.54, 1.807) is 0 Å². The van der Waals surface area contributed by atoms with Crippen molar-refractivity contribution in [2.45, 2.75) is 52.7 Å². The molecule has 0 atom stereocenters. The van der Waals surface area contributed by atoms with E-state index in [-0.39, 0.29) is 11.8 Å². The van der Waals surface area contributed by atoms with Gasteiger partial charge in [-0.2, -0.15) is 0 Å². The highest BCUT2D eigenvalue weighted by Gasteiger charge is 2.16. The molecule has 0 amide bonds. The fourth-order valence-corrected chi connectivity index (χ4v) is 7.01. The zero-order chi connectivity index (χ0) is 39.0. The number of benzene rings is 7. The normalized spacial score (nSPS) is 11.0. The van der Waals surface area contributed by atoms with Crippen molar-refractivity contribution in [3.05, 3.63) is 202 Å². The highest BCUT2D eigenvalue weighted by molar-refractivity contribution is 6.18. The Balaban J connectivity index is 1.04. The molecule has 6 heteroatoms. The maximum Gasteiger partial charge on any atom is 0.124 e. The summed E-state index contributed by atoms with van der Waals surface area (Å²) in [6.07, 6.45) is 0. The maximum absolute atomic E-state index is 6.48. The van der Waals surface area contributed by atoms with E-state index < -0.39 is 0 Å². The quantitative estimate of drug-likeness (QED) is 0.103. The molecule has 0 heterocycles. The van der Waals surface area contributed by atoms with Gasteiger partial charge < -0.3 is 19.3 Å². The summed E-state index contributed by atoms with van der Waals surface area (Å²) < 4.78 is 12.7. The smallest absolute Gasteiger partial charge is 0.124 e. The standard InChI is InChI=1S/C50H46Cl2N2O2/c1-35-5-17-43(18-6-35)53(44-19-7-36(2)8-20-44)47-25-13-39(14-26-47)33-55-49-29-42(32-52)50(30-41(49)31-51)56-34-40-15-27-48(28-16-40)54(45-21-9-37(3)10-22-45)46-23-11-38(4)12-24-46/h5-30H,31-34H2,1-4H3. The van der Waals surface area contributed by atoms with Crippen molar-refractivity contribution < 1.29 is 9.47 Å². The number of ether oxygens (including phenoxy) is 2. The molecule has 4 nitrogen and oxygen atoms in total. The van der Waals surface area contributed by atoms with Crippen LogP contribution < -0.4 is 19.3 Å². The predicted octanol–water partition coefficient (Wildman–Crippen LogP) is 14.5. The Labute approximate surface area is 341 Å². The van der Waals surface area contributed by atoms with E-state index in [1.165, 1.54) is 22.3 Å². The molecule has 0 aliphatic rings. The van der Waals surface area contributed by atoms with Crippen LogP contribution in [0.1, 0.15) is 44.5 Å². The highest BCUT2D eigenvalue weighted by atomic mass is 35.5. The van der Waals surface area contributed by atoms with Crippen molar-refractivity contribution in [1.29, 1.82) is 0 Å². The first kappa shape index (κ1) is 38.6. The van der Waals surface area contributed by atoms with Crippen LogP contribution in [-0.2, 0) is 25.0 Å². The lowest BCUT2D eigenvalue weighted by molar-refractivity contribution is 0.293. The first-order valence-corrected chi connectivity index (χ1v) is 19.9. The second kappa shape index (κ2) is 17.8. The molecule has 0 saturated heterocycles. The number of nitrogens with zero attached hydrogens (tertiary/aromatic N) is 2. The summed E-state index contributed by atoms with van der Waals surface area (Å²) in [5, 5.41) is 0. The van der Waals surface area contributed by atoms with Crippen molar-refractivity contribution >= 4 is 57.3 Å². The van der Waals surface area contributed by atoms with E-state index in [1.807, 2.05) is 12.1 Å². The van der Waals surface area contributed by atoms with Gasteiger partial charge in [-0.15, -0.1) is 23.2 Å². The fraction of sp³-hybridized carbons (Fsp3) is 0.160. The van der Waals surface area contributed by atoms with Crippen LogP contribution in [-0.4, -0.2) is 0 Å². The lowest BCUT2D eigenvalue weighted by Gasteiger charge is -2.26. The molecule has 0 aliphatic heterocycles. The molecule has 7 aromatic rings. The molecule has 0 spiro atoms. The minimum atomic E-state index is 0.276. The molecular formula is C50H46Cl2N2O2. The fourth-order valence-electron chi connectivity index (χ4n) is 6.60. The molecule has 56 heavy (non-hydrogen) atoms. The summed E-state index contributed by atoms with van der Waals surface area (Å²) in [6, 6.07) is 55.3. The molecule has 0 aliphatic carbocycles. The van der Waals surface area contributed by atoms with Crippen molar-refractivity contribution in [3.63, 3.8) is 0 Å². The second-order valence-electron chi connectivity index (χ2n) is 14.3. The van der Waals surface area contributed by atoms with Gasteiger partial charge in [-0.1, -0.05) is 95.1 Å². The molecule has 0 unspecified atom stereocenters. The minimum Gasteiger partial charge on any atom is -0.489 e. The van der Waals surface area contributed by atoms with Crippen LogP contribution >= 0.6 is 23.2 Å². The Morgan fingerprint density at radius 1 is 0.357 bits per heavy atom. The van der Waals surface area contributed by atoms with Gasteiger partial charge in [0, 0.05) is 45.3 Å². The van der Waals surface area contributed by atoms with Gasteiger partial charge in [0.2, 0.25) is 0 Å². The molecule has 0 bridgehead atoms. The van der Waals surface area contributed by atoms with Crippen LogP contribution in [0.15, 0.2) is 158 Å². The molecule has 0 saturated carbocycles. The molecule has 0 radical (unpaired) electrons. The molecule has 7 aromatic carbocycles. The average Bonchev–Trinajstić information content (AvgIpc) is 3.23. The summed E-state index contributed by atoms with van der Waals surface area (Å²) in [5.74, 6) is 1.95. The number of aryl methyl sites for hydroxylation is 4. The Hall–Kier alpha value is -5.68. The van der Waals surface area contributed by atoms with Gasteiger partial charge >= 0.3 is 0 Å². The van der Waals surface area contributed by atoms with Gasteiger partial charge in [0.05, 0.1) is 11.8 Å². The largest absolute Gasteiger partial charge is 0.489 e. The predicted molar refractivity (Wildman–Crippen MR) is 235 cm³/mol. The van der Waals surface area contributed by atoms with Crippen molar-refractivity contribution in [3.8, 4) is 11.5 Å².